The molecule has 3 nitrogen and oxygen atoms in total. The van der Waals surface area contributed by atoms with Crippen LogP contribution in [0.15, 0.2) is 30.3 Å². The van der Waals surface area contributed by atoms with Gasteiger partial charge < -0.3 is 11.1 Å². The molecule has 94 valence electrons. The molecule has 3 N–H and O–H groups in total. The van der Waals surface area contributed by atoms with Gasteiger partial charge in [-0.2, -0.15) is 0 Å². The predicted molar refractivity (Wildman–Crippen MR) is 70.4 cm³/mol. The Morgan fingerprint density at radius 2 is 1.82 bits per heavy atom. The summed E-state index contributed by atoms with van der Waals surface area (Å²) in [6.07, 6.45) is 1.56. The highest BCUT2D eigenvalue weighted by molar-refractivity contribution is 5.82. The number of amides is 1. The van der Waals surface area contributed by atoms with E-state index in [1.165, 1.54) is 0 Å². The number of carbonyl (C=O) groups excluding carboxylic acids is 1. The Hall–Kier alpha value is -1.35. The van der Waals surface area contributed by atoms with Gasteiger partial charge in [0.2, 0.25) is 5.91 Å². The SMILES string of the molecule is CCC(CC)(CN)C(=O)NCc1ccccc1. The summed E-state index contributed by atoms with van der Waals surface area (Å²) in [5, 5.41) is 2.97. The molecule has 0 aliphatic heterocycles. The normalized spacial score (nSPS) is 11.2. The highest BCUT2D eigenvalue weighted by Crippen LogP contribution is 2.25. The third-order valence-corrected chi connectivity index (χ3v) is 3.52. The largest absolute Gasteiger partial charge is 0.352 e. The molecule has 0 saturated carbocycles. The summed E-state index contributed by atoms with van der Waals surface area (Å²) < 4.78 is 0. The van der Waals surface area contributed by atoms with Crippen molar-refractivity contribution in [2.75, 3.05) is 6.54 Å². The van der Waals surface area contributed by atoms with Gasteiger partial charge in [0.05, 0.1) is 5.41 Å². The van der Waals surface area contributed by atoms with Gasteiger partial charge in [0.1, 0.15) is 0 Å². The molecule has 0 radical (unpaired) electrons. The highest BCUT2D eigenvalue weighted by atomic mass is 16.2. The lowest BCUT2D eigenvalue weighted by Crippen LogP contribution is -2.45. The number of carbonyl (C=O) groups is 1. The Morgan fingerprint density at radius 3 is 2.29 bits per heavy atom. The molecule has 0 aliphatic rings. The van der Waals surface area contributed by atoms with E-state index in [9.17, 15) is 4.79 Å². The van der Waals surface area contributed by atoms with Crippen molar-refractivity contribution in [1.82, 2.24) is 5.32 Å². The minimum atomic E-state index is -0.408. The maximum Gasteiger partial charge on any atom is 0.227 e. The first-order valence-electron chi connectivity index (χ1n) is 6.21. The molecule has 0 atom stereocenters. The van der Waals surface area contributed by atoms with Crippen LogP contribution in [0.5, 0.6) is 0 Å². The second-order valence-electron chi connectivity index (χ2n) is 4.36. The van der Waals surface area contributed by atoms with Gasteiger partial charge in [-0.1, -0.05) is 44.2 Å². The fraction of sp³-hybridized carbons (Fsp3) is 0.500. The topological polar surface area (TPSA) is 55.1 Å². The first kappa shape index (κ1) is 13.7. The number of rotatable bonds is 6. The Labute approximate surface area is 103 Å². The van der Waals surface area contributed by atoms with Gasteiger partial charge in [-0.05, 0) is 18.4 Å². The number of nitrogens with one attached hydrogen (secondary N) is 1. The fourth-order valence-corrected chi connectivity index (χ4v) is 1.92. The van der Waals surface area contributed by atoms with Crippen molar-refractivity contribution in [3.63, 3.8) is 0 Å². The van der Waals surface area contributed by atoms with Crippen LogP contribution in [0.3, 0.4) is 0 Å². The summed E-state index contributed by atoms with van der Waals surface area (Å²) >= 11 is 0. The van der Waals surface area contributed by atoms with Gasteiger partial charge in [-0.25, -0.2) is 0 Å². The van der Waals surface area contributed by atoms with E-state index in [4.69, 9.17) is 5.73 Å². The van der Waals surface area contributed by atoms with Crippen LogP contribution >= 0.6 is 0 Å². The molecule has 0 aromatic heterocycles. The quantitative estimate of drug-likeness (QED) is 0.791. The second kappa shape index (κ2) is 6.40. The van der Waals surface area contributed by atoms with E-state index in [0.29, 0.717) is 13.1 Å². The van der Waals surface area contributed by atoms with Gasteiger partial charge in [0.25, 0.3) is 0 Å². The van der Waals surface area contributed by atoms with Crippen LogP contribution in [0.2, 0.25) is 0 Å². The minimum Gasteiger partial charge on any atom is -0.352 e. The zero-order valence-corrected chi connectivity index (χ0v) is 10.7. The lowest BCUT2D eigenvalue weighted by atomic mass is 9.81. The number of nitrogens with two attached hydrogens (primary N) is 1. The Bertz CT molecular complexity index is 336. The molecule has 17 heavy (non-hydrogen) atoms. The van der Waals surface area contributed by atoms with Crippen molar-refractivity contribution in [2.45, 2.75) is 33.2 Å². The number of hydrogen-bond acceptors (Lipinski definition) is 2. The molecule has 1 rings (SSSR count). The molecule has 0 aliphatic carbocycles. The zero-order valence-electron chi connectivity index (χ0n) is 10.7. The third kappa shape index (κ3) is 3.30. The third-order valence-electron chi connectivity index (χ3n) is 3.52. The van der Waals surface area contributed by atoms with E-state index >= 15 is 0 Å². The van der Waals surface area contributed by atoms with E-state index in [1.54, 1.807) is 0 Å². The molecule has 0 heterocycles. The second-order valence-corrected chi connectivity index (χ2v) is 4.36. The number of benzene rings is 1. The van der Waals surface area contributed by atoms with Crippen molar-refractivity contribution in [3.05, 3.63) is 35.9 Å². The molecule has 0 unspecified atom stereocenters. The van der Waals surface area contributed by atoms with Crippen molar-refractivity contribution in [2.24, 2.45) is 11.1 Å². The van der Waals surface area contributed by atoms with Crippen molar-refractivity contribution in [3.8, 4) is 0 Å². The molecule has 0 fully saturated rings. The summed E-state index contributed by atoms with van der Waals surface area (Å²) in [5.74, 6) is 0.0638. The standard InChI is InChI=1S/C14H22N2O/c1-3-14(4-2,11-15)13(17)16-10-12-8-6-5-7-9-12/h5-9H,3-4,10-11,15H2,1-2H3,(H,16,17). The van der Waals surface area contributed by atoms with Crippen molar-refractivity contribution in [1.29, 1.82) is 0 Å². The van der Waals surface area contributed by atoms with Crippen LogP contribution in [-0.2, 0) is 11.3 Å². The molecule has 0 spiro atoms. The van der Waals surface area contributed by atoms with E-state index in [1.807, 2.05) is 44.2 Å². The summed E-state index contributed by atoms with van der Waals surface area (Å²) in [5.41, 5.74) is 6.44. The smallest absolute Gasteiger partial charge is 0.227 e. The summed E-state index contributed by atoms with van der Waals surface area (Å²) in [4.78, 5) is 12.1. The average Bonchev–Trinajstić information content (AvgIpc) is 2.40. The zero-order chi connectivity index (χ0) is 12.7. The lowest BCUT2D eigenvalue weighted by molar-refractivity contribution is -0.131. The van der Waals surface area contributed by atoms with Crippen LogP contribution < -0.4 is 11.1 Å². The molecule has 0 saturated heterocycles. The molecular formula is C14H22N2O. The fourth-order valence-electron chi connectivity index (χ4n) is 1.92. The van der Waals surface area contributed by atoms with E-state index in [-0.39, 0.29) is 5.91 Å². The number of hydrogen-bond donors (Lipinski definition) is 2. The summed E-state index contributed by atoms with van der Waals surface area (Å²) in [6.45, 7) is 5.00. The Kier molecular flexibility index (Phi) is 5.16. The van der Waals surface area contributed by atoms with Crippen LogP contribution in [0, 0.1) is 5.41 Å². The predicted octanol–water partition coefficient (Wildman–Crippen LogP) is 2.07. The molecule has 0 bridgehead atoms. The molecular weight excluding hydrogens is 212 g/mol. The average molecular weight is 234 g/mol. The van der Waals surface area contributed by atoms with E-state index in [0.717, 1.165) is 18.4 Å². The minimum absolute atomic E-state index is 0.0638. The Morgan fingerprint density at radius 1 is 1.24 bits per heavy atom. The van der Waals surface area contributed by atoms with Gasteiger partial charge in [-0.15, -0.1) is 0 Å². The van der Waals surface area contributed by atoms with Gasteiger partial charge >= 0.3 is 0 Å². The first-order valence-corrected chi connectivity index (χ1v) is 6.21. The first-order chi connectivity index (χ1) is 8.18. The van der Waals surface area contributed by atoms with Gasteiger partial charge in [-0.3, -0.25) is 4.79 Å². The van der Waals surface area contributed by atoms with Crippen LogP contribution in [0.1, 0.15) is 32.3 Å². The maximum atomic E-state index is 12.1. The maximum absolute atomic E-state index is 12.1. The lowest BCUT2D eigenvalue weighted by Gasteiger charge is -2.28. The highest BCUT2D eigenvalue weighted by Gasteiger charge is 2.32. The molecule has 1 amide bonds. The Balaban J connectivity index is 2.60. The van der Waals surface area contributed by atoms with Crippen LogP contribution in [0.25, 0.3) is 0 Å². The summed E-state index contributed by atoms with van der Waals surface area (Å²) in [7, 11) is 0. The van der Waals surface area contributed by atoms with Crippen molar-refractivity contribution < 1.29 is 4.79 Å². The molecule has 1 aromatic rings. The van der Waals surface area contributed by atoms with Crippen LogP contribution in [-0.4, -0.2) is 12.5 Å². The van der Waals surface area contributed by atoms with Crippen molar-refractivity contribution >= 4 is 5.91 Å². The molecule has 1 aromatic carbocycles. The molecule has 3 heteroatoms. The van der Waals surface area contributed by atoms with Gasteiger partial charge in [0.15, 0.2) is 0 Å². The van der Waals surface area contributed by atoms with Gasteiger partial charge in [0, 0.05) is 13.1 Å². The van der Waals surface area contributed by atoms with Crippen LogP contribution in [0.4, 0.5) is 0 Å². The summed E-state index contributed by atoms with van der Waals surface area (Å²) in [6, 6.07) is 9.91. The monoisotopic (exact) mass is 234 g/mol. The van der Waals surface area contributed by atoms with E-state index in [2.05, 4.69) is 5.32 Å². The van der Waals surface area contributed by atoms with E-state index < -0.39 is 5.41 Å².